The molecule has 4 unspecified atom stereocenters. The number of nitrogens with one attached hydrogen (secondary N) is 1. The minimum absolute atomic E-state index is 0.0537. The number of hydrogen-bond acceptors (Lipinski definition) is 12. The summed E-state index contributed by atoms with van der Waals surface area (Å²) in [4.78, 5) is 27.3. The molecule has 1 N–H and O–H groups in total. The number of carbonyl (C=O) groups is 1. The number of piperidine rings is 1. The predicted molar refractivity (Wildman–Crippen MR) is 211 cm³/mol. The largest absolute Gasteiger partial charge is 0.496 e. The molecule has 13 heteroatoms. The third-order valence-corrected chi connectivity index (χ3v) is 9.70. The minimum atomic E-state index is -0.835. The molecule has 302 valence electrons. The Morgan fingerprint density at radius 2 is 1.59 bits per heavy atom. The van der Waals surface area contributed by atoms with E-state index in [-0.39, 0.29) is 43.7 Å². The van der Waals surface area contributed by atoms with E-state index in [0.717, 1.165) is 51.1 Å². The van der Waals surface area contributed by atoms with E-state index in [2.05, 4.69) is 34.4 Å². The van der Waals surface area contributed by atoms with Gasteiger partial charge in [0, 0.05) is 42.8 Å². The van der Waals surface area contributed by atoms with Gasteiger partial charge in [-0.05, 0) is 66.1 Å². The smallest absolute Gasteiger partial charge is 0.306 e. The van der Waals surface area contributed by atoms with Crippen LogP contribution >= 0.6 is 0 Å². The van der Waals surface area contributed by atoms with Crippen molar-refractivity contribution in [2.45, 2.75) is 76.5 Å². The first-order valence-electron chi connectivity index (χ1n) is 19.3. The zero-order chi connectivity index (χ0) is 39.5. The first-order valence-corrected chi connectivity index (χ1v) is 19.3. The van der Waals surface area contributed by atoms with Crippen molar-refractivity contribution in [2.75, 3.05) is 53.7 Å². The molecule has 4 aromatic rings. The van der Waals surface area contributed by atoms with E-state index >= 15 is 0 Å². The monoisotopic (exact) mass is 774 g/mol. The lowest BCUT2D eigenvalue weighted by atomic mass is 9.85. The average Bonchev–Trinajstić information content (AvgIpc) is 3.22. The number of fused-ring (bicyclic) bond motifs is 1. The van der Waals surface area contributed by atoms with Gasteiger partial charge in [-0.2, -0.15) is 0 Å². The summed E-state index contributed by atoms with van der Waals surface area (Å²) in [5, 5.41) is 15.1. The van der Waals surface area contributed by atoms with Crippen molar-refractivity contribution in [3.8, 4) is 17.2 Å². The molecule has 1 aliphatic rings. The molecular formula is C43H54N2O11. The van der Waals surface area contributed by atoms with Gasteiger partial charge in [-0.1, -0.05) is 61.5 Å². The van der Waals surface area contributed by atoms with Crippen LogP contribution in [0.25, 0.3) is 10.8 Å². The number of esters is 1. The van der Waals surface area contributed by atoms with E-state index in [9.17, 15) is 14.9 Å². The van der Waals surface area contributed by atoms with Crippen LogP contribution in [0.4, 0.5) is 0 Å². The molecule has 1 fully saturated rings. The summed E-state index contributed by atoms with van der Waals surface area (Å²) < 4.78 is 42.0. The summed E-state index contributed by atoms with van der Waals surface area (Å²) in [5.41, 5.74) is 3.06. The van der Waals surface area contributed by atoms with E-state index in [1.165, 1.54) is 0 Å². The number of nitrogens with zero attached hydrogens (tertiary/aromatic N) is 1. The molecule has 0 aromatic heterocycles. The van der Waals surface area contributed by atoms with E-state index in [4.69, 9.17) is 33.2 Å². The number of para-hydroxylation sites is 1. The Morgan fingerprint density at radius 3 is 2.36 bits per heavy atom. The zero-order valence-electron chi connectivity index (χ0n) is 32.5. The van der Waals surface area contributed by atoms with Gasteiger partial charge in [-0.25, -0.2) is 0 Å². The van der Waals surface area contributed by atoms with Crippen molar-refractivity contribution in [1.82, 2.24) is 5.32 Å². The number of hydrogen-bond donors (Lipinski definition) is 1. The molecule has 0 bridgehead atoms. The van der Waals surface area contributed by atoms with Crippen molar-refractivity contribution in [3.63, 3.8) is 0 Å². The Hall–Kier alpha value is -4.95. The third kappa shape index (κ3) is 12.8. The Morgan fingerprint density at radius 1 is 0.839 bits per heavy atom. The summed E-state index contributed by atoms with van der Waals surface area (Å²) in [6.07, 6.45) is 1.30. The standard InChI is InChI=1S/C43H54N2O11/c1-4-35(56-42(46)16-9-10-23-55-45(47)48)30-54-41-27-44-26-40(53-28-31-24-33-12-5-7-14-37(33)39(25-31)50-3)43(41)32-17-19-36(20-18-32)52-22-11-21-51-29-34-13-6-8-15-38(34)49-2/h5-8,12-15,17-20,24-25,35,40-41,43-44H,4,9-11,16,21-23,26-30H2,1-3H3. The molecule has 4 atom stereocenters. The number of benzene rings is 4. The highest BCUT2D eigenvalue weighted by Crippen LogP contribution is 2.33. The number of methoxy groups -OCH3 is 2. The second kappa shape index (κ2) is 22.6. The summed E-state index contributed by atoms with van der Waals surface area (Å²) in [7, 11) is 3.33. The van der Waals surface area contributed by atoms with Crippen LogP contribution in [0.2, 0.25) is 0 Å². The molecule has 0 spiro atoms. The van der Waals surface area contributed by atoms with Crippen LogP contribution < -0.4 is 19.5 Å². The zero-order valence-corrected chi connectivity index (χ0v) is 32.5. The molecule has 13 nitrogen and oxygen atoms in total. The van der Waals surface area contributed by atoms with E-state index < -0.39 is 11.2 Å². The van der Waals surface area contributed by atoms with Crippen LogP contribution in [0, 0.1) is 10.1 Å². The van der Waals surface area contributed by atoms with E-state index in [1.54, 1.807) is 14.2 Å². The van der Waals surface area contributed by atoms with E-state index in [0.29, 0.717) is 58.8 Å². The Bertz CT molecular complexity index is 1800. The van der Waals surface area contributed by atoms with Gasteiger partial charge in [-0.15, -0.1) is 10.1 Å². The van der Waals surface area contributed by atoms with Gasteiger partial charge < -0.3 is 43.3 Å². The number of ether oxygens (including phenoxy) is 7. The molecule has 1 aliphatic heterocycles. The normalized spacial score (nSPS) is 17.2. The van der Waals surface area contributed by atoms with Crippen LogP contribution in [-0.4, -0.2) is 83.1 Å². The lowest BCUT2D eigenvalue weighted by Crippen LogP contribution is -2.51. The topological polar surface area (TPSA) is 146 Å². The molecule has 0 saturated carbocycles. The molecule has 0 radical (unpaired) electrons. The highest BCUT2D eigenvalue weighted by atomic mass is 16.9. The fraction of sp³-hybridized carbons (Fsp3) is 0.465. The first kappa shape index (κ1) is 42.2. The van der Waals surface area contributed by atoms with Crippen LogP contribution in [0.15, 0.2) is 84.9 Å². The molecule has 1 saturated heterocycles. The van der Waals surface area contributed by atoms with Crippen molar-refractivity contribution >= 4 is 16.7 Å². The lowest BCUT2D eigenvalue weighted by molar-refractivity contribution is -0.757. The molecule has 0 aliphatic carbocycles. The molecule has 4 aromatic carbocycles. The van der Waals surface area contributed by atoms with Gasteiger partial charge in [0.2, 0.25) is 0 Å². The molecule has 5 rings (SSSR count). The second-order valence-electron chi connectivity index (χ2n) is 13.6. The maximum atomic E-state index is 12.6. The van der Waals surface area contributed by atoms with Gasteiger partial charge in [0.05, 0.1) is 66.1 Å². The van der Waals surface area contributed by atoms with Gasteiger partial charge in [0.25, 0.3) is 5.09 Å². The van der Waals surface area contributed by atoms with Crippen molar-refractivity contribution in [1.29, 1.82) is 0 Å². The lowest BCUT2D eigenvalue weighted by Gasteiger charge is -2.39. The van der Waals surface area contributed by atoms with Gasteiger partial charge in [0.15, 0.2) is 0 Å². The van der Waals surface area contributed by atoms with Crippen LogP contribution in [0.3, 0.4) is 0 Å². The summed E-state index contributed by atoms with van der Waals surface area (Å²) in [6.45, 7) is 5.22. The van der Waals surface area contributed by atoms with Crippen molar-refractivity contribution in [3.05, 3.63) is 112 Å². The second-order valence-corrected chi connectivity index (χ2v) is 13.6. The Labute approximate surface area is 328 Å². The number of carbonyl (C=O) groups excluding carboxylic acids is 1. The maximum absolute atomic E-state index is 12.6. The van der Waals surface area contributed by atoms with Gasteiger partial charge in [-0.3, -0.25) is 4.79 Å². The molecule has 56 heavy (non-hydrogen) atoms. The summed E-state index contributed by atoms with van der Waals surface area (Å²) >= 11 is 0. The van der Waals surface area contributed by atoms with Gasteiger partial charge >= 0.3 is 5.97 Å². The summed E-state index contributed by atoms with van der Waals surface area (Å²) in [6, 6.07) is 28.2. The number of unbranched alkanes of at least 4 members (excludes halogenated alkanes) is 1. The minimum Gasteiger partial charge on any atom is -0.496 e. The SMILES string of the molecule is CCC(COC1CNCC(OCc2cc(OC)c3ccccc3c2)C1c1ccc(OCCCOCc2ccccc2OC)cc1)OC(=O)CCCCO[N+](=O)[O-]. The number of rotatable bonds is 24. The highest BCUT2D eigenvalue weighted by molar-refractivity contribution is 5.89. The third-order valence-electron chi connectivity index (χ3n) is 9.70. The van der Waals surface area contributed by atoms with Crippen LogP contribution in [0.1, 0.15) is 61.6 Å². The predicted octanol–water partition coefficient (Wildman–Crippen LogP) is 7.20. The van der Waals surface area contributed by atoms with Crippen LogP contribution in [-0.2, 0) is 41.8 Å². The molecule has 0 amide bonds. The summed E-state index contributed by atoms with van der Waals surface area (Å²) in [5.74, 6) is 1.86. The van der Waals surface area contributed by atoms with Crippen molar-refractivity contribution < 1.29 is 47.9 Å². The van der Waals surface area contributed by atoms with E-state index in [1.807, 2.05) is 67.6 Å². The fourth-order valence-electron chi connectivity index (χ4n) is 6.77. The maximum Gasteiger partial charge on any atom is 0.306 e. The highest BCUT2D eigenvalue weighted by Gasteiger charge is 2.36. The van der Waals surface area contributed by atoms with Crippen LogP contribution in [0.5, 0.6) is 17.2 Å². The molecule has 1 heterocycles. The Kier molecular flexibility index (Phi) is 17.0. The fourth-order valence-corrected chi connectivity index (χ4v) is 6.77. The quantitative estimate of drug-likeness (QED) is 0.0333. The molecular weight excluding hydrogens is 720 g/mol. The average molecular weight is 775 g/mol. The van der Waals surface area contributed by atoms with Crippen molar-refractivity contribution in [2.24, 2.45) is 0 Å². The Balaban J connectivity index is 1.21. The van der Waals surface area contributed by atoms with Gasteiger partial charge in [0.1, 0.15) is 23.4 Å². The first-order chi connectivity index (χ1) is 27.4.